The molecule has 0 saturated carbocycles. The highest BCUT2D eigenvalue weighted by atomic mass is 35.5. The largest absolute Gasteiger partial charge is 0.339 e. The highest BCUT2D eigenvalue weighted by Gasteiger charge is 2.24. The molecule has 1 aliphatic heterocycles. The molecule has 3 rings (SSSR count). The highest BCUT2D eigenvalue weighted by Crippen LogP contribution is 2.27. The number of hydrogen-bond acceptors (Lipinski definition) is 4. The fourth-order valence-electron chi connectivity index (χ4n) is 2.67. The number of nitrogens with one attached hydrogen (secondary N) is 1. The van der Waals surface area contributed by atoms with Gasteiger partial charge in [0.1, 0.15) is 0 Å². The van der Waals surface area contributed by atoms with Crippen LogP contribution in [0.1, 0.15) is 43.0 Å². The molecule has 0 amide bonds. The molecule has 6 heteroatoms. The molecule has 2 aromatic rings. The molecule has 21 heavy (non-hydrogen) atoms. The molecule has 114 valence electrons. The summed E-state index contributed by atoms with van der Waals surface area (Å²) in [5.41, 5.74) is 1.03. The van der Waals surface area contributed by atoms with Crippen molar-refractivity contribution in [3.8, 4) is 0 Å². The maximum Gasteiger partial charge on any atom is 0.229 e. The van der Waals surface area contributed by atoms with E-state index >= 15 is 0 Å². The Morgan fingerprint density at radius 1 is 1.38 bits per heavy atom. The van der Waals surface area contributed by atoms with Crippen molar-refractivity contribution in [2.45, 2.75) is 38.1 Å². The lowest BCUT2D eigenvalue weighted by molar-refractivity contribution is 0.294. The van der Waals surface area contributed by atoms with Crippen molar-refractivity contribution in [2.24, 2.45) is 0 Å². The van der Waals surface area contributed by atoms with Crippen LogP contribution in [0.15, 0.2) is 28.8 Å². The van der Waals surface area contributed by atoms with E-state index in [9.17, 15) is 0 Å². The third kappa shape index (κ3) is 3.96. The fourth-order valence-corrected chi connectivity index (χ4v) is 2.88. The maximum atomic E-state index is 6.15. The second-order valence-corrected chi connectivity index (χ2v) is 5.80. The molecule has 1 aliphatic rings. The predicted octanol–water partition coefficient (Wildman–Crippen LogP) is 3.59. The van der Waals surface area contributed by atoms with Gasteiger partial charge in [-0.05, 0) is 37.9 Å². The van der Waals surface area contributed by atoms with Crippen LogP contribution in [0.4, 0.5) is 0 Å². The van der Waals surface area contributed by atoms with Gasteiger partial charge in [0.05, 0.1) is 0 Å². The SMILES string of the molecule is C[C@H]1C[C@@H](c2nc(Cc3ccccc3Cl)no2)CCN1.Cl. The van der Waals surface area contributed by atoms with Crippen LogP contribution in [0, 0.1) is 0 Å². The zero-order valence-corrected chi connectivity index (χ0v) is 13.5. The van der Waals surface area contributed by atoms with Gasteiger partial charge in [0, 0.05) is 23.4 Å². The first-order valence-corrected chi connectivity index (χ1v) is 7.39. The van der Waals surface area contributed by atoms with Crippen LogP contribution in [-0.4, -0.2) is 22.7 Å². The van der Waals surface area contributed by atoms with E-state index in [0.29, 0.717) is 24.2 Å². The van der Waals surface area contributed by atoms with Crippen LogP contribution in [0.5, 0.6) is 0 Å². The van der Waals surface area contributed by atoms with Gasteiger partial charge in [0.15, 0.2) is 5.82 Å². The van der Waals surface area contributed by atoms with Gasteiger partial charge in [0.2, 0.25) is 5.89 Å². The molecule has 1 N–H and O–H groups in total. The molecule has 1 aromatic heterocycles. The first-order chi connectivity index (χ1) is 9.72. The van der Waals surface area contributed by atoms with Gasteiger partial charge in [-0.15, -0.1) is 12.4 Å². The lowest BCUT2D eigenvalue weighted by atomic mass is 9.93. The van der Waals surface area contributed by atoms with Crippen molar-refractivity contribution in [1.29, 1.82) is 0 Å². The van der Waals surface area contributed by atoms with E-state index in [2.05, 4.69) is 22.4 Å². The van der Waals surface area contributed by atoms with Gasteiger partial charge in [-0.3, -0.25) is 0 Å². The van der Waals surface area contributed by atoms with E-state index in [0.717, 1.165) is 35.9 Å². The van der Waals surface area contributed by atoms with Crippen molar-refractivity contribution in [2.75, 3.05) is 6.54 Å². The average Bonchev–Trinajstić information content (AvgIpc) is 2.90. The number of benzene rings is 1. The average molecular weight is 328 g/mol. The number of halogens is 2. The second-order valence-electron chi connectivity index (χ2n) is 5.39. The molecule has 2 atom stereocenters. The van der Waals surface area contributed by atoms with E-state index in [1.165, 1.54) is 0 Å². The molecule has 1 saturated heterocycles. The van der Waals surface area contributed by atoms with Crippen LogP contribution in [0.25, 0.3) is 0 Å². The Morgan fingerprint density at radius 3 is 2.95 bits per heavy atom. The zero-order chi connectivity index (χ0) is 13.9. The zero-order valence-electron chi connectivity index (χ0n) is 11.9. The van der Waals surface area contributed by atoms with Crippen molar-refractivity contribution >= 4 is 24.0 Å². The first kappa shape index (κ1) is 16.3. The van der Waals surface area contributed by atoms with Crippen molar-refractivity contribution < 1.29 is 4.52 Å². The predicted molar refractivity (Wildman–Crippen MR) is 85.2 cm³/mol. The molecule has 1 fully saturated rings. The molecular formula is C15H19Cl2N3O. The van der Waals surface area contributed by atoms with Gasteiger partial charge in [-0.2, -0.15) is 4.98 Å². The fraction of sp³-hybridized carbons (Fsp3) is 0.467. The van der Waals surface area contributed by atoms with Crippen LogP contribution in [0.3, 0.4) is 0 Å². The van der Waals surface area contributed by atoms with Crippen molar-refractivity contribution in [3.05, 3.63) is 46.6 Å². The molecule has 0 unspecified atom stereocenters. The van der Waals surface area contributed by atoms with Gasteiger partial charge >= 0.3 is 0 Å². The van der Waals surface area contributed by atoms with Crippen molar-refractivity contribution in [1.82, 2.24) is 15.5 Å². The van der Waals surface area contributed by atoms with Crippen molar-refractivity contribution in [3.63, 3.8) is 0 Å². The summed E-state index contributed by atoms with van der Waals surface area (Å²) >= 11 is 6.15. The van der Waals surface area contributed by atoms with Gasteiger partial charge in [-0.25, -0.2) is 0 Å². The molecular weight excluding hydrogens is 309 g/mol. The molecule has 4 nitrogen and oxygen atoms in total. The minimum atomic E-state index is 0. The summed E-state index contributed by atoms with van der Waals surface area (Å²) in [4.78, 5) is 4.54. The third-order valence-corrected chi connectivity index (χ3v) is 4.13. The highest BCUT2D eigenvalue weighted by molar-refractivity contribution is 6.31. The van der Waals surface area contributed by atoms with Gasteiger partial charge in [-0.1, -0.05) is 35.0 Å². The summed E-state index contributed by atoms with van der Waals surface area (Å²) in [6.45, 7) is 3.20. The number of aromatic nitrogens is 2. The Bertz CT molecular complexity index is 588. The van der Waals surface area contributed by atoms with E-state index < -0.39 is 0 Å². The number of nitrogens with zero attached hydrogens (tertiary/aromatic N) is 2. The Morgan fingerprint density at radius 2 is 2.19 bits per heavy atom. The van der Waals surface area contributed by atoms with Gasteiger partial charge in [0.25, 0.3) is 0 Å². The summed E-state index contributed by atoms with van der Waals surface area (Å²) in [5, 5.41) is 8.26. The van der Waals surface area contributed by atoms with E-state index in [-0.39, 0.29) is 12.4 Å². The third-order valence-electron chi connectivity index (χ3n) is 3.76. The summed E-state index contributed by atoms with van der Waals surface area (Å²) < 4.78 is 5.43. The van der Waals surface area contributed by atoms with Crippen LogP contribution in [0.2, 0.25) is 5.02 Å². The smallest absolute Gasteiger partial charge is 0.229 e. The van der Waals surface area contributed by atoms with Crippen LogP contribution < -0.4 is 5.32 Å². The Hall–Kier alpha value is -1.10. The standard InChI is InChI=1S/C15H18ClN3O.ClH/c1-10-8-12(6-7-17-10)15-18-14(19-20-15)9-11-4-2-3-5-13(11)16;/h2-5,10,12,17H,6-9H2,1H3;1H/t10-,12-;/m0./s1. The van der Waals surface area contributed by atoms with Gasteiger partial charge < -0.3 is 9.84 Å². The maximum absolute atomic E-state index is 6.15. The Balaban J connectivity index is 0.00000161. The van der Waals surface area contributed by atoms with E-state index in [1.807, 2.05) is 24.3 Å². The number of piperidine rings is 1. The molecule has 0 radical (unpaired) electrons. The monoisotopic (exact) mass is 327 g/mol. The topological polar surface area (TPSA) is 51.0 Å². The molecule has 0 bridgehead atoms. The summed E-state index contributed by atoms with van der Waals surface area (Å²) in [6, 6.07) is 8.27. The Labute approximate surface area is 135 Å². The lowest BCUT2D eigenvalue weighted by Crippen LogP contribution is -2.34. The minimum absolute atomic E-state index is 0. The molecule has 1 aromatic carbocycles. The second kappa shape index (κ2) is 7.25. The Kier molecular flexibility index (Phi) is 5.62. The summed E-state index contributed by atoms with van der Waals surface area (Å²) in [7, 11) is 0. The normalized spacial score (nSPS) is 21.8. The van der Waals surface area contributed by atoms with Crippen LogP contribution >= 0.6 is 24.0 Å². The van der Waals surface area contributed by atoms with E-state index in [1.54, 1.807) is 0 Å². The molecule has 2 heterocycles. The number of rotatable bonds is 3. The minimum Gasteiger partial charge on any atom is -0.339 e. The van der Waals surface area contributed by atoms with Crippen LogP contribution in [-0.2, 0) is 6.42 Å². The van der Waals surface area contributed by atoms with E-state index in [4.69, 9.17) is 16.1 Å². The lowest BCUT2D eigenvalue weighted by Gasteiger charge is -2.25. The first-order valence-electron chi connectivity index (χ1n) is 7.01. The molecule has 0 spiro atoms. The quantitative estimate of drug-likeness (QED) is 0.935. The summed E-state index contributed by atoms with van der Waals surface area (Å²) in [6.07, 6.45) is 2.72. The molecule has 0 aliphatic carbocycles. The summed E-state index contributed by atoms with van der Waals surface area (Å²) in [5.74, 6) is 1.85. The number of hydrogen-bond donors (Lipinski definition) is 1.